The highest BCUT2D eigenvalue weighted by Crippen LogP contribution is 2.19. The largest absolute Gasteiger partial charge is 0.310 e. The van der Waals surface area contributed by atoms with Crippen LogP contribution in [0.25, 0.3) is 0 Å². The van der Waals surface area contributed by atoms with E-state index >= 15 is 0 Å². The maximum absolute atomic E-state index is 11.9. The maximum Gasteiger partial charge on any atom is 0.241 e. The summed E-state index contributed by atoms with van der Waals surface area (Å²) in [5, 5.41) is 0. The van der Waals surface area contributed by atoms with Gasteiger partial charge in [-0.2, -0.15) is 0 Å². The van der Waals surface area contributed by atoms with E-state index in [0.29, 0.717) is 18.7 Å². The van der Waals surface area contributed by atoms with Crippen LogP contribution in [0.5, 0.6) is 0 Å². The number of hydrogen-bond acceptors (Lipinski definition) is 4. The van der Waals surface area contributed by atoms with Gasteiger partial charge in [0.25, 0.3) is 0 Å². The lowest BCUT2D eigenvalue weighted by Gasteiger charge is -2.32. The molecule has 1 aromatic carbocycles. The van der Waals surface area contributed by atoms with Crippen molar-refractivity contribution in [2.45, 2.75) is 5.75 Å². The summed E-state index contributed by atoms with van der Waals surface area (Å²) < 4.78 is 21.9. The van der Waals surface area contributed by atoms with E-state index in [-0.39, 0.29) is 11.7 Å². The van der Waals surface area contributed by atoms with Crippen LogP contribution in [0.1, 0.15) is 5.56 Å². The highest BCUT2D eigenvalue weighted by Gasteiger charge is 2.22. The van der Waals surface area contributed by atoms with Gasteiger partial charge in [0.15, 0.2) is 0 Å². The van der Waals surface area contributed by atoms with Crippen LogP contribution in [0, 0.1) is 0 Å². The van der Waals surface area contributed by atoms with Gasteiger partial charge in [0, 0.05) is 29.5 Å². The Morgan fingerprint density at radius 3 is 2.37 bits per heavy atom. The Labute approximate surface area is 117 Å². The van der Waals surface area contributed by atoms with Crippen LogP contribution < -0.4 is 4.90 Å². The number of carbonyl (C=O) groups excluding carboxylic acids is 1. The van der Waals surface area contributed by atoms with E-state index in [9.17, 15) is 13.2 Å². The molecule has 1 aliphatic heterocycles. The Bertz CT molecular complexity index is 571. The van der Waals surface area contributed by atoms with Crippen LogP contribution >= 0.6 is 10.7 Å². The first-order valence-electron chi connectivity index (χ1n) is 5.85. The molecule has 1 saturated heterocycles. The van der Waals surface area contributed by atoms with Crippen molar-refractivity contribution >= 4 is 31.3 Å². The number of benzene rings is 1. The highest BCUT2D eigenvalue weighted by molar-refractivity contribution is 8.13. The zero-order valence-electron chi connectivity index (χ0n) is 10.5. The SMILES string of the molecule is CN1CCN(c2ccc(CS(=O)(=O)Cl)cc2)C(=O)C1. The highest BCUT2D eigenvalue weighted by atomic mass is 35.7. The van der Waals surface area contributed by atoms with Gasteiger partial charge >= 0.3 is 0 Å². The van der Waals surface area contributed by atoms with Crippen molar-refractivity contribution in [1.82, 2.24) is 4.90 Å². The predicted octanol–water partition coefficient (Wildman–Crippen LogP) is 1.03. The molecular weight excluding hydrogens is 288 g/mol. The number of anilines is 1. The number of piperazine rings is 1. The number of amides is 1. The smallest absolute Gasteiger partial charge is 0.241 e. The average Bonchev–Trinajstić information content (AvgIpc) is 2.28. The molecule has 0 aliphatic carbocycles. The molecule has 1 amide bonds. The fourth-order valence-corrected chi connectivity index (χ4v) is 3.00. The first-order chi connectivity index (χ1) is 8.85. The Morgan fingerprint density at radius 2 is 1.84 bits per heavy atom. The van der Waals surface area contributed by atoms with E-state index in [1.54, 1.807) is 29.2 Å². The monoisotopic (exact) mass is 302 g/mol. The average molecular weight is 303 g/mol. The van der Waals surface area contributed by atoms with Crippen LogP contribution in [-0.4, -0.2) is 45.9 Å². The lowest BCUT2D eigenvalue weighted by Crippen LogP contribution is -2.48. The van der Waals surface area contributed by atoms with Gasteiger partial charge in [-0.3, -0.25) is 9.69 Å². The molecule has 0 N–H and O–H groups in total. The third-order valence-corrected chi connectivity index (χ3v) is 4.00. The van der Waals surface area contributed by atoms with E-state index in [4.69, 9.17) is 10.7 Å². The van der Waals surface area contributed by atoms with E-state index < -0.39 is 9.05 Å². The minimum atomic E-state index is -3.55. The number of rotatable bonds is 3. The van der Waals surface area contributed by atoms with Crippen LogP contribution in [0.4, 0.5) is 5.69 Å². The summed E-state index contributed by atoms with van der Waals surface area (Å²) in [6.45, 7) is 1.86. The number of hydrogen-bond donors (Lipinski definition) is 0. The van der Waals surface area contributed by atoms with Crippen LogP contribution in [0.15, 0.2) is 24.3 Å². The number of likely N-dealkylation sites (N-methyl/N-ethyl adjacent to an activating group) is 1. The molecule has 1 aromatic rings. The summed E-state index contributed by atoms with van der Waals surface area (Å²) in [6, 6.07) is 6.86. The summed E-state index contributed by atoms with van der Waals surface area (Å²) in [7, 11) is 3.56. The molecule has 0 unspecified atom stereocenters. The van der Waals surface area contributed by atoms with E-state index in [1.165, 1.54) is 0 Å². The molecule has 0 radical (unpaired) electrons. The van der Waals surface area contributed by atoms with E-state index in [1.807, 2.05) is 11.9 Å². The minimum absolute atomic E-state index is 0.0477. The van der Waals surface area contributed by atoms with Gasteiger partial charge in [-0.25, -0.2) is 8.42 Å². The van der Waals surface area contributed by atoms with Crippen LogP contribution in [0.2, 0.25) is 0 Å². The van der Waals surface area contributed by atoms with Gasteiger partial charge < -0.3 is 4.90 Å². The second kappa shape index (κ2) is 5.48. The first kappa shape index (κ1) is 14.3. The summed E-state index contributed by atoms with van der Waals surface area (Å²) in [5.74, 6) is -0.155. The molecule has 2 rings (SSSR count). The van der Waals surface area contributed by atoms with Gasteiger partial charge in [-0.15, -0.1) is 0 Å². The molecule has 0 spiro atoms. The third kappa shape index (κ3) is 3.92. The molecular formula is C12H15ClN2O3S. The van der Waals surface area contributed by atoms with Gasteiger partial charge in [0.05, 0.1) is 12.3 Å². The summed E-state index contributed by atoms with van der Waals surface area (Å²) in [5.41, 5.74) is 1.40. The molecule has 104 valence electrons. The molecule has 0 aromatic heterocycles. The molecule has 1 heterocycles. The molecule has 1 aliphatic rings. The predicted molar refractivity (Wildman–Crippen MR) is 74.8 cm³/mol. The van der Waals surface area contributed by atoms with Gasteiger partial charge in [-0.1, -0.05) is 12.1 Å². The van der Waals surface area contributed by atoms with E-state index in [2.05, 4.69) is 0 Å². The number of nitrogens with zero attached hydrogens (tertiary/aromatic N) is 2. The zero-order chi connectivity index (χ0) is 14.0. The van der Waals surface area contributed by atoms with Crippen molar-refractivity contribution in [2.75, 3.05) is 31.6 Å². The fraction of sp³-hybridized carbons (Fsp3) is 0.417. The zero-order valence-corrected chi connectivity index (χ0v) is 12.1. The van der Waals surface area contributed by atoms with Crippen molar-refractivity contribution in [3.8, 4) is 0 Å². The maximum atomic E-state index is 11.9. The molecule has 0 saturated carbocycles. The first-order valence-corrected chi connectivity index (χ1v) is 8.33. The molecule has 1 fully saturated rings. The van der Waals surface area contributed by atoms with Crippen molar-refractivity contribution in [3.05, 3.63) is 29.8 Å². The van der Waals surface area contributed by atoms with E-state index in [0.717, 1.165) is 12.2 Å². The van der Waals surface area contributed by atoms with Crippen molar-refractivity contribution in [3.63, 3.8) is 0 Å². The van der Waals surface area contributed by atoms with Crippen molar-refractivity contribution in [2.24, 2.45) is 0 Å². The topological polar surface area (TPSA) is 57.7 Å². The van der Waals surface area contributed by atoms with Crippen LogP contribution in [-0.2, 0) is 19.6 Å². The second-order valence-corrected chi connectivity index (χ2v) is 7.41. The van der Waals surface area contributed by atoms with Gasteiger partial charge in [0.2, 0.25) is 15.0 Å². The minimum Gasteiger partial charge on any atom is -0.310 e. The summed E-state index contributed by atoms with van der Waals surface area (Å²) in [4.78, 5) is 15.6. The Kier molecular flexibility index (Phi) is 4.13. The van der Waals surface area contributed by atoms with Gasteiger partial charge in [0.1, 0.15) is 0 Å². The lowest BCUT2D eigenvalue weighted by molar-refractivity contribution is -0.120. The summed E-state index contributed by atoms with van der Waals surface area (Å²) in [6.07, 6.45) is 0. The molecule has 7 heteroatoms. The molecule has 5 nitrogen and oxygen atoms in total. The van der Waals surface area contributed by atoms with Crippen molar-refractivity contribution < 1.29 is 13.2 Å². The van der Waals surface area contributed by atoms with Gasteiger partial charge in [-0.05, 0) is 24.7 Å². The van der Waals surface area contributed by atoms with Crippen LogP contribution in [0.3, 0.4) is 0 Å². The third-order valence-electron chi connectivity index (χ3n) is 3.00. The number of carbonyl (C=O) groups is 1. The quantitative estimate of drug-likeness (QED) is 0.783. The molecule has 0 atom stereocenters. The fourth-order valence-electron chi connectivity index (χ4n) is 2.04. The standard InChI is InChI=1S/C12H15ClN2O3S/c1-14-6-7-15(12(16)8-14)11-4-2-10(3-5-11)9-19(13,17)18/h2-5H,6-9H2,1H3. The molecule has 0 bridgehead atoms. The molecule has 19 heavy (non-hydrogen) atoms. The van der Waals surface area contributed by atoms with Crippen molar-refractivity contribution in [1.29, 1.82) is 0 Å². The second-order valence-electron chi connectivity index (χ2n) is 4.63. The summed E-state index contributed by atoms with van der Waals surface area (Å²) >= 11 is 0. The lowest BCUT2D eigenvalue weighted by atomic mass is 10.2. The Balaban J connectivity index is 2.12. The Morgan fingerprint density at radius 1 is 1.21 bits per heavy atom. The normalized spacial score (nSPS) is 17.8. The number of halogens is 1. The Hall–Kier alpha value is -1.11.